The van der Waals surface area contributed by atoms with Gasteiger partial charge in [-0.3, -0.25) is 4.79 Å². The van der Waals surface area contributed by atoms with Gasteiger partial charge in [0.05, 0.1) is 10.0 Å². The number of carbonyl (C=O) groups excluding carboxylic acids is 1. The number of fused-ring (bicyclic) bond motifs is 1. The molecular weight excluding hydrogens is 353 g/mol. The van der Waals surface area contributed by atoms with Crippen LogP contribution in [0.4, 0.5) is 0 Å². The van der Waals surface area contributed by atoms with Crippen LogP contribution in [0.25, 0.3) is 0 Å². The summed E-state index contributed by atoms with van der Waals surface area (Å²) in [4.78, 5) is 11.8. The quantitative estimate of drug-likeness (QED) is 0.849. The van der Waals surface area contributed by atoms with Gasteiger partial charge in [0.15, 0.2) is 23.9 Å². The maximum atomic E-state index is 11.8. The van der Waals surface area contributed by atoms with Crippen LogP contribution in [0.5, 0.6) is 17.2 Å². The molecule has 1 amide bonds. The summed E-state index contributed by atoms with van der Waals surface area (Å²) >= 11 is 12.0. The van der Waals surface area contributed by atoms with Gasteiger partial charge in [-0.1, -0.05) is 35.3 Å². The molecule has 0 atom stereocenters. The molecule has 7 heteroatoms. The Morgan fingerprint density at radius 1 is 1.12 bits per heavy atom. The van der Waals surface area contributed by atoms with Crippen molar-refractivity contribution in [3.8, 4) is 17.2 Å². The molecule has 0 bridgehead atoms. The molecule has 3 rings (SSSR count). The van der Waals surface area contributed by atoms with Crippen molar-refractivity contribution in [1.29, 1.82) is 0 Å². The first-order valence-electron chi connectivity index (χ1n) is 7.35. The highest BCUT2D eigenvalue weighted by molar-refractivity contribution is 6.37. The molecule has 0 saturated heterocycles. The van der Waals surface area contributed by atoms with Gasteiger partial charge in [-0.2, -0.15) is 0 Å². The van der Waals surface area contributed by atoms with Gasteiger partial charge in [-0.05, 0) is 36.2 Å². The fourth-order valence-corrected chi connectivity index (χ4v) is 2.76. The minimum absolute atomic E-state index is 0.148. The maximum Gasteiger partial charge on any atom is 0.257 e. The Morgan fingerprint density at radius 3 is 2.67 bits per heavy atom. The lowest BCUT2D eigenvalue weighted by Crippen LogP contribution is -2.30. The highest BCUT2D eigenvalue weighted by Gasteiger charge is 2.13. The van der Waals surface area contributed by atoms with Crippen LogP contribution in [0.2, 0.25) is 10.0 Å². The molecule has 0 radical (unpaired) electrons. The van der Waals surface area contributed by atoms with Crippen molar-refractivity contribution in [3.05, 3.63) is 52.0 Å². The predicted octanol–water partition coefficient (Wildman–Crippen LogP) is 3.46. The van der Waals surface area contributed by atoms with Gasteiger partial charge in [0, 0.05) is 6.54 Å². The van der Waals surface area contributed by atoms with Gasteiger partial charge < -0.3 is 19.5 Å². The van der Waals surface area contributed by atoms with Crippen LogP contribution in [0.1, 0.15) is 5.56 Å². The minimum atomic E-state index is -0.244. The summed E-state index contributed by atoms with van der Waals surface area (Å²) < 4.78 is 16.0. The number of ether oxygens (including phenoxy) is 3. The number of hydrogen-bond acceptors (Lipinski definition) is 4. The number of amides is 1. The highest BCUT2D eigenvalue weighted by atomic mass is 35.5. The summed E-state index contributed by atoms with van der Waals surface area (Å²) in [6.07, 6.45) is 0.676. The van der Waals surface area contributed by atoms with Crippen molar-refractivity contribution in [2.24, 2.45) is 0 Å². The topological polar surface area (TPSA) is 56.8 Å². The van der Waals surface area contributed by atoms with Crippen LogP contribution in [0.3, 0.4) is 0 Å². The smallest absolute Gasteiger partial charge is 0.257 e. The Hall–Kier alpha value is -2.11. The second kappa shape index (κ2) is 7.64. The third kappa shape index (κ3) is 4.04. The van der Waals surface area contributed by atoms with E-state index < -0.39 is 0 Å². The van der Waals surface area contributed by atoms with E-state index in [1.54, 1.807) is 18.2 Å². The predicted molar refractivity (Wildman–Crippen MR) is 91.2 cm³/mol. The molecule has 1 heterocycles. The first kappa shape index (κ1) is 16.7. The summed E-state index contributed by atoms with van der Waals surface area (Å²) in [6.45, 7) is 0.583. The fourth-order valence-electron chi connectivity index (χ4n) is 2.25. The number of halogens is 2. The molecule has 2 aromatic rings. The van der Waals surface area contributed by atoms with Crippen molar-refractivity contribution in [2.45, 2.75) is 6.42 Å². The van der Waals surface area contributed by atoms with E-state index in [0.29, 0.717) is 28.8 Å². The maximum absolute atomic E-state index is 11.8. The number of carbonyl (C=O) groups is 1. The lowest BCUT2D eigenvalue weighted by atomic mass is 10.1. The second-order valence-electron chi connectivity index (χ2n) is 5.13. The minimum Gasteiger partial charge on any atom is -0.481 e. The second-order valence-corrected chi connectivity index (χ2v) is 5.94. The van der Waals surface area contributed by atoms with Crippen molar-refractivity contribution in [1.82, 2.24) is 5.32 Å². The van der Waals surface area contributed by atoms with Gasteiger partial charge >= 0.3 is 0 Å². The van der Waals surface area contributed by atoms with Gasteiger partial charge in [0.2, 0.25) is 6.79 Å². The van der Waals surface area contributed by atoms with E-state index in [-0.39, 0.29) is 19.3 Å². The molecule has 5 nitrogen and oxygen atoms in total. The third-order valence-electron chi connectivity index (χ3n) is 3.44. The molecule has 0 fully saturated rings. The van der Waals surface area contributed by atoms with Crippen LogP contribution in [0, 0.1) is 0 Å². The van der Waals surface area contributed by atoms with Crippen LogP contribution >= 0.6 is 23.2 Å². The lowest BCUT2D eigenvalue weighted by molar-refractivity contribution is -0.123. The first-order valence-corrected chi connectivity index (χ1v) is 8.11. The molecule has 1 N–H and O–H groups in total. The van der Waals surface area contributed by atoms with E-state index in [4.69, 9.17) is 37.4 Å². The molecular formula is C17H15Cl2NO4. The number of hydrogen-bond donors (Lipinski definition) is 1. The monoisotopic (exact) mass is 367 g/mol. The van der Waals surface area contributed by atoms with Crippen molar-refractivity contribution in [3.63, 3.8) is 0 Å². The molecule has 126 valence electrons. The molecule has 0 spiro atoms. The zero-order chi connectivity index (χ0) is 16.9. The van der Waals surface area contributed by atoms with Crippen LogP contribution in [-0.4, -0.2) is 25.9 Å². The Morgan fingerprint density at radius 2 is 1.88 bits per heavy atom. The van der Waals surface area contributed by atoms with Gasteiger partial charge in [-0.15, -0.1) is 0 Å². The van der Waals surface area contributed by atoms with Crippen LogP contribution in [-0.2, 0) is 11.2 Å². The van der Waals surface area contributed by atoms with Crippen LogP contribution < -0.4 is 19.5 Å². The average Bonchev–Trinajstić information content (AvgIpc) is 3.02. The van der Waals surface area contributed by atoms with Crippen LogP contribution in [0.15, 0.2) is 36.4 Å². The number of rotatable bonds is 6. The molecule has 0 aliphatic carbocycles. The Kier molecular flexibility index (Phi) is 5.33. The zero-order valence-electron chi connectivity index (χ0n) is 12.7. The zero-order valence-corrected chi connectivity index (χ0v) is 14.2. The highest BCUT2D eigenvalue weighted by Crippen LogP contribution is 2.33. The van der Waals surface area contributed by atoms with E-state index >= 15 is 0 Å². The first-order chi connectivity index (χ1) is 11.6. The van der Waals surface area contributed by atoms with Crippen molar-refractivity contribution in [2.75, 3.05) is 19.9 Å². The summed E-state index contributed by atoms with van der Waals surface area (Å²) in [6, 6.07) is 10.7. The molecule has 1 aliphatic heterocycles. The van der Waals surface area contributed by atoms with E-state index in [1.165, 1.54) is 0 Å². The molecule has 0 saturated carbocycles. The lowest BCUT2D eigenvalue weighted by Gasteiger charge is -2.10. The van der Waals surface area contributed by atoms with Gasteiger partial charge in [0.1, 0.15) is 0 Å². The average molecular weight is 368 g/mol. The Bertz CT molecular complexity index is 731. The Labute approximate surface area is 149 Å². The van der Waals surface area contributed by atoms with E-state index in [9.17, 15) is 4.79 Å². The summed E-state index contributed by atoms with van der Waals surface area (Å²) in [7, 11) is 0. The van der Waals surface area contributed by atoms with Crippen molar-refractivity contribution < 1.29 is 19.0 Å². The van der Waals surface area contributed by atoms with E-state index in [2.05, 4.69) is 5.32 Å². The normalized spacial score (nSPS) is 12.1. The molecule has 0 unspecified atom stereocenters. The largest absolute Gasteiger partial charge is 0.481 e. The summed E-state index contributed by atoms with van der Waals surface area (Å²) in [5.74, 6) is 1.54. The standard InChI is InChI=1S/C17H15Cl2NO4/c18-12-2-1-3-13(19)17(12)22-9-16(21)20-7-6-11-4-5-14-15(8-11)24-10-23-14/h1-5,8H,6-7,9-10H2,(H,20,21). The number of para-hydroxylation sites is 1. The van der Waals surface area contributed by atoms with Gasteiger partial charge in [0.25, 0.3) is 5.91 Å². The van der Waals surface area contributed by atoms with E-state index in [1.807, 2.05) is 18.2 Å². The molecule has 1 aliphatic rings. The molecule has 2 aromatic carbocycles. The van der Waals surface area contributed by atoms with Crippen molar-refractivity contribution >= 4 is 29.1 Å². The molecule has 24 heavy (non-hydrogen) atoms. The summed E-state index contributed by atoms with van der Waals surface area (Å²) in [5.41, 5.74) is 1.05. The fraction of sp³-hybridized carbons (Fsp3) is 0.235. The third-order valence-corrected chi connectivity index (χ3v) is 4.03. The SMILES string of the molecule is O=C(COc1c(Cl)cccc1Cl)NCCc1ccc2c(c1)OCO2. The summed E-state index contributed by atoms with van der Waals surface area (Å²) in [5, 5.41) is 3.53. The van der Waals surface area contributed by atoms with Gasteiger partial charge in [-0.25, -0.2) is 0 Å². The number of benzene rings is 2. The Balaban J connectivity index is 1.44. The molecule has 0 aromatic heterocycles. The number of nitrogens with one attached hydrogen (secondary N) is 1. The van der Waals surface area contributed by atoms with E-state index in [0.717, 1.165) is 17.1 Å².